The summed E-state index contributed by atoms with van der Waals surface area (Å²) in [4.78, 5) is 15.3. The lowest BCUT2D eigenvalue weighted by molar-refractivity contribution is 0.100. The predicted octanol–water partition coefficient (Wildman–Crippen LogP) is 2.92. The third-order valence-electron chi connectivity index (χ3n) is 2.39. The Morgan fingerprint density at radius 3 is 2.79 bits per heavy atom. The van der Waals surface area contributed by atoms with Crippen molar-refractivity contribution in [2.24, 2.45) is 5.73 Å². The van der Waals surface area contributed by atoms with Crippen molar-refractivity contribution in [3.63, 3.8) is 0 Å². The molecule has 0 aliphatic carbocycles. The molecule has 2 rings (SSSR count). The largest absolute Gasteiger partial charge is 0.397 e. The summed E-state index contributed by atoms with van der Waals surface area (Å²) in [7, 11) is 0. The second kappa shape index (κ2) is 5.46. The van der Waals surface area contributed by atoms with Gasteiger partial charge < -0.3 is 16.8 Å². The average Bonchev–Trinajstić information content (AvgIpc) is 2.36. The van der Waals surface area contributed by atoms with Crippen molar-refractivity contribution in [3.8, 4) is 0 Å². The number of nitrogens with one attached hydrogen (secondary N) is 1. The van der Waals surface area contributed by atoms with Gasteiger partial charge >= 0.3 is 0 Å². The van der Waals surface area contributed by atoms with E-state index in [1.165, 1.54) is 12.3 Å². The summed E-state index contributed by atoms with van der Waals surface area (Å²) in [6.45, 7) is 0. The second-order valence-corrected chi connectivity index (χ2v) is 5.06. The van der Waals surface area contributed by atoms with Crippen molar-refractivity contribution in [2.45, 2.75) is 0 Å². The fourth-order valence-electron chi connectivity index (χ4n) is 1.48. The summed E-state index contributed by atoms with van der Waals surface area (Å²) < 4.78 is 0.816. The third kappa shape index (κ3) is 3.15. The van der Waals surface area contributed by atoms with Gasteiger partial charge in [0.1, 0.15) is 5.82 Å². The fourth-order valence-corrected chi connectivity index (χ4v) is 2.00. The molecule has 0 saturated heterocycles. The SMILES string of the molecule is NC(=O)c1cc(Nc2cc(Cl)ccc2Br)ncc1N. The Morgan fingerprint density at radius 2 is 2.11 bits per heavy atom. The first-order valence-electron chi connectivity index (χ1n) is 5.25. The maximum Gasteiger partial charge on any atom is 0.250 e. The molecule has 0 bridgehead atoms. The van der Waals surface area contributed by atoms with E-state index in [1.807, 2.05) is 0 Å². The third-order valence-corrected chi connectivity index (χ3v) is 3.32. The summed E-state index contributed by atoms with van der Waals surface area (Å²) >= 11 is 9.30. The van der Waals surface area contributed by atoms with Crippen LogP contribution >= 0.6 is 27.5 Å². The van der Waals surface area contributed by atoms with Crippen LogP contribution < -0.4 is 16.8 Å². The van der Waals surface area contributed by atoms with Gasteiger partial charge in [0.25, 0.3) is 5.91 Å². The maximum absolute atomic E-state index is 11.2. The molecule has 1 aromatic carbocycles. The zero-order chi connectivity index (χ0) is 14.0. The molecule has 98 valence electrons. The number of aromatic nitrogens is 1. The molecular weight excluding hydrogens is 332 g/mol. The number of benzene rings is 1. The quantitative estimate of drug-likeness (QED) is 0.800. The minimum atomic E-state index is -0.604. The number of amides is 1. The summed E-state index contributed by atoms with van der Waals surface area (Å²) in [5.74, 6) is -0.154. The van der Waals surface area contributed by atoms with E-state index in [2.05, 4.69) is 26.2 Å². The Hall–Kier alpha value is -1.79. The van der Waals surface area contributed by atoms with Gasteiger partial charge in [0.05, 0.1) is 23.1 Å². The molecule has 0 atom stereocenters. The molecule has 1 amide bonds. The standard InChI is InChI=1S/C12H10BrClN4O/c13-8-2-1-6(14)3-10(8)18-11-4-7(12(16)19)9(15)5-17-11/h1-5H,15H2,(H2,16,19)(H,17,18). The van der Waals surface area contributed by atoms with Crippen LogP contribution in [0.4, 0.5) is 17.2 Å². The number of nitrogens with zero attached hydrogens (tertiary/aromatic N) is 1. The minimum absolute atomic E-state index is 0.218. The van der Waals surface area contributed by atoms with Crippen molar-refractivity contribution < 1.29 is 4.79 Å². The zero-order valence-corrected chi connectivity index (χ0v) is 12.0. The van der Waals surface area contributed by atoms with E-state index in [0.717, 1.165) is 10.2 Å². The molecule has 7 heteroatoms. The van der Waals surface area contributed by atoms with E-state index >= 15 is 0 Å². The summed E-state index contributed by atoms with van der Waals surface area (Å²) in [5, 5.41) is 3.61. The summed E-state index contributed by atoms with van der Waals surface area (Å²) in [6.07, 6.45) is 1.38. The van der Waals surface area contributed by atoms with Crippen LogP contribution in [0.25, 0.3) is 0 Å². The van der Waals surface area contributed by atoms with Gasteiger partial charge in [-0.25, -0.2) is 4.98 Å². The van der Waals surface area contributed by atoms with Crippen LogP contribution in [-0.2, 0) is 0 Å². The normalized spacial score (nSPS) is 10.2. The highest BCUT2D eigenvalue weighted by Gasteiger charge is 2.09. The number of carbonyl (C=O) groups excluding carboxylic acids is 1. The van der Waals surface area contributed by atoms with E-state index < -0.39 is 5.91 Å². The van der Waals surface area contributed by atoms with Gasteiger partial charge in [0, 0.05) is 9.50 Å². The van der Waals surface area contributed by atoms with Gasteiger partial charge in [-0.15, -0.1) is 0 Å². The number of nitrogen functional groups attached to an aromatic ring is 1. The first-order chi connectivity index (χ1) is 8.97. The Morgan fingerprint density at radius 1 is 1.37 bits per heavy atom. The molecule has 0 spiro atoms. The highest BCUT2D eigenvalue weighted by atomic mass is 79.9. The van der Waals surface area contributed by atoms with Crippen molar-refractivity contribution in [2.75, 3.05) is 11.1 Å². The average molecular weight is 342 g/mol. The fraction of sp³-hybridized carbons (Fsp3) is 0. The van der Waals surface area contributed by atoms with Crippen LogP contribution in [0.2, 0.25) is 5.02 Å². The van der Waals surface area contributed by atoms with E-state index in [4.69, 9.17) is 23.1 Å². The molecule has 5 N–H and O–H groups in total. The van der Waals surface area contributed by atoms with Crippen LogP contribution in [0.3, 0.4) is 0 Å². The number of carbonyl (C=O) groups is 1. The lowest BCUT2D eigenvalue weighted by Gasteiger charge is -2.10. The van der Waals surface area contributed by atoms with Crippen LogP contribution in [0.15, 0.2) is 34.9 Å². The molecule has 0 radical (unpaired) electrons. The van der Waals surface area contributed by atoms with Crippen LogP contribution in [0, 0.1) is 0 Å². The number of pyridine rings is 1. The molecule has 2 aromatic rings. The van der Waals surface area contributed by atoms with Crippen molar-refractivity contribution in [3.05, 3.63) is 45.5 Å². The molecule has 0 aliphatic heterocycles. The molecule has 0 unspecified atom stereocenters. The maximum atomic E-state index is 11.2. The monoisotopic (exact) mass is 340 g/mol. The summed E-state index contributed by atoms with van der Waals surface area (Å²) in [5.41, 5.74) is 12.0. The highest BCUT2D eigenvalue weighted by Crippen LogP contribution is 2.28. The van der Waals surface area contributed by atoms with Crippen LogP contribution in [-0.4, -0.2) is 10.9 Å². The number of halogens is 2. The van der Waals surface area contributed by atoms with Crippen LogP contribution in [0.1, 0.15) is 10.4 Å². The van der Waals surface area contributed by atoms with Gasteiger partial charge in [-0.2, -0.15) is 0 Å². The van der Waals surface area contributed by atoms with E-state index in [0.29, 0.717) is 10.8 Å². The Kier molecular flexibility index (Phi) is 3.92. The van der Waals surface area contributed by atoms with Gasteiger partial charge in [-0.05, 0) is 40.2 Å². The molecule has 0 aliphatic rings. The topological polar surface area (TPSA) is 94.0 Å². The molecule has 19 heavy (non-hydrogen) atoms. The summed E-state index contributed by atoms with van der Waals surface area (Å²) in [6, 6.07) is 6.78. The van der Waals surface area contributed by atoms with Gasteiger partial charge in [-0.1, -0.05) is 11.6 Å². The first-order valence-corrected chi connectivity index (χ1v) is 6.42. The second-order valence-electron chi connectivity index (χ2n) is 3.77. The zero-order valence-electron chi connectivity index (χ0n) is 9.65. The molecule has 0 saturated carbocycles. The lowest BCUT2D eigenvalue weighted by atomic mass is 10.2. The van der Waals surface area contributed by atoms with E-state index in [-0.39, 0.29) is 11.3 Å². The van der Waals surface area contributed by atoms with Crippen molar-refractivity contribution in [1.29, 1.82) is 0 Å². The Balaban J connectivity index is 2.36. The first kappa shape index (κ1) is 13.6. The number of nitrogens with two attached hydrogens (primary N) is 2. The predicted molar refractivity (Wildman–Crippen MR) is 79.6 cm³/mol. The van der Waals surface area contributed by atoms with Gasteiger partial charge in [0.15, 0.2) is 0 Å². The van der Waals surface area contributed by atoms with E-state index in [1.54, 1.807) is 18.2 Å². The molecular formula is C12H10BrClN4O. The van der Waals surface area contributed by atoms with Gasteiger partial charge in [-0.3, -0.25) is 4.79 Å². The van der Waals surface area contributed by atoms with E-state index in [9.17, 15) is 4.79 Å². The van der Waals surface area contributed by atoms with Crippen LogP contribution in [0.5, 0.6) is 0 Å². The van der Waals surface area contributed by atoms with Gasteiger partial charge in [0.2, 0.25) is 0 Å². The highest BCUT2D eigenvalue weighted by molar-refractivity contribution is 9.10. The Bertz CT molecular complexity index is 648. The number of rotatable bonds is 3. The number of primary amides is 1. The number of hydrogen-bond donors (Lipinski definition) is 3. The molecule has 0 fully saturated rings. The lowest BCUT2D eigenvalue weighted by Crippen LogP contribution is -2.14. The van der Waals surface area contributed by atoms with Crippen molar-refractivity contribution in [1.82, 2.24) is 4.98 Å². The Labute approximate surface area is 123 Å². The molecule has 5 nitrogen and oxygen atoms in total. The smallest absolute Gasteiger partial charge is 0.250 e. The molecule has 1 heterocycles. The number of hydrogen-bond acceptors (Lipinski definition) is 4. The minimum Gasteiger partial charge on any atom is -0.397 e. The molecule has 1 aromatic heterocycles. The number of anilines is 3. The van der Waals surface area contributed by atoms with Crippen molar-refractivity contribution >= 4 is 50.6 Å².